The number of rotatable bonds is 3. The average molecular weight is 485 g/mol. The molecule has 2 atom stereocenters. The van der Waals surface area contributed by atoms with Crippen LogP contribution < -0.4 is 5.32 Å². The summed E-state index contributed by atoms with van der Waals surface area (Å²) in [6.45, 7) is 1.75. The summed E-state index contributed by atoms with van der Waals surface area (Å²) < 4.78 is 55.6. The van der Waals surface area contributed by atoms with Crippen molar-refractivity contribution in [2.24, 2.45) is 5.41 Å². The van der Waals surface area contributed by atoms with E-state index >= 15 is 0 Å². The number of amides is 1. The van der Waals surface area contributed by atoms with Crippen LogP contribution in [-0.4, -0.2) is 48.3 Å². The highest BCUT2D eigenvalue weighted by Crippen LogP contribution is 2.49. The Kier molecular flexibility index (Phi) is 6.46. The highest BCUT2D eigenvalue weighted by molar-refractivity contribution is 6.30. The standard InChI is InChI=1S/C24H25ClF4N2O2/c25-19-14-17(6-7-20(19)26)23(33,24(27,28)29)21(32)31-12-9-22(10-13-31)8-11-30-15-18(22)16-4-2-1-3-5-16/h1-7,14,18,30,33H,8-13,15H2. The van der Waals surface area contributed by atoms with E-state index in [1.54, 1.807) is 0 Å². The molecule has 0 radical (unpaired) electrons. The Bertz CT molecular complexity index is 1010. The van der Waals surface area contributed by atoms with Crippen molar-refractivity contribution >= 4 is 17.5 Å². The van der Waals surface area contributed by atoms with Gasteiger partial charge in [0.25, 0.3) is 11.5 Å². The summed E-state index contributed by atoms with van der Waals surface area (Å²) in [7, 11) is 0. The first-order valence-corrected chi connectivity index (χ1v) is 11.3. The lowest BCUT2D eigenvalue weighted by Gasteiger charge is -2.50. The van der Waals surface area contributed by atoms with Gasteiger partial charge in [0.15, 0.2) is 0 Å². The molecule has 4 rings (SSSR count). The van der Waals surface area contributed by atoms with Gasteiger partial charge in [-0.05, 0) is 48.9 Å². The molecule has 9 heteroatoms. The molecule has 2 heterocycles. The van der Waals surface area contributed by atoms with Gasteiger partial charge in [0.2, 0.25) is 0 Å². The van der Waals surface area contributed by atoms with E-state index in [2.05, 4.69) is 17.4 Å². The predicted octanol–water partition coefficient (Wildman–Crippen LogP) is 4.61. The third-order valence-electron chi connectivity index (χ3n) is 7.19. The molecule has 0 bridgehead atoms. The third-order valence-corrected chi connectivity index (χ3v) is 7.48. The molecule has 4 nitrogen and oxygen atoms in total. The summed E-state index contributed by atoms with van der Waals surface area (Å²) in [4.78, 5) is 14.2. The zero-order valence-electron chi connectivity index (χ0n) is 17.8. The Morgan fingerprint density at radius 2 is 1.76 bits per heavy atom. The molecule has 2 aliphatic heterocycles. The van der Waals surface area contributed by atoms with Crippen LogP contribution in [0.2, 0.25) is 5.02 Å². The Balaban J connectivity index is 1.59. The van der Waals surface area contributed by atoms with Gasteiger partial charge in [-0.3, -0.25) is 4.79 Å². The maximum Gasteiger partial charge on any atom is 0.430 e. The summed E-state index contributed by atoms with van der Waals surface area (Å²) >= 11 is 5.65. The second-order valence-corrected chi connectivity index (χ2v) is 9.32. The van der Waals surface area contributed by atoms with E-state index in [9.17, 15) is 27.5 Å². The number of hydrogen-bond donors (Lipinski definition) is 2. The summed E-state index contributed by atoms with van der Waals surface area (Å²) in [5.74, 6) is -2.21. The minimum absolute atomic E-state index is 0.0927. The Hall–Kier alpha value is -2.16. The van der Waals surface area contributed by atoms with Gasteiger partial charge in [0.05, 0.1) is 5.02 Å². The lowest BCUT2D eigenvalue weighted by Crippen LogP contribution is -2.59. The molecule has 1 amide bonds. The molecule has 2 fully saturated rings. The largest absolute Gasteiger partial charge is 0.430 e. The van der Waals surface area contributed by atoms with E-state index in [-0.39, 0.29) is 24.4 Å². The molecule has 2 N–H and O–H groups in total. The number of likely N-dealkylation sites (tertiary alicyclic amines) is 1. The van der Waals surface area contributed by atoms with Crippen LogP contribution in [0.3, 0.4) is 0 Å². The van der Waals surface area contributed by atoms with E-state index < -0.39 is 34.1 Å². The van der Waals surface area contributed by atoms with Gasteiger partial charge < -0.3 is 15.3 Å². The number of alkyl halides is 3. The number of carbonyl (C=O) groups is 1. The molecular weight excluding hydrogens is 460 g/mol. The normalized spacial score (nSPS) is 22.7. The maximum atomic E-state index is 14.0. The molecule has 0 saturated carbocycles. The number of nitrogens with zero attached hydrogens (tertiary/aromatic N) is 1. The summed E-state index contributed by atoms with van der Waals surface area (Å²) in [5.41, 5.74) is -3.58. The second kappa shape index (κ2) is 8.89. The molecule has 2 aromatic rings. The zero-order valence-corrected chi connectivity index (χ0v) is 18.6. The molecular formula is C24H25ClF4N2O2. The van der Waals surface area contributed by atoms with E-state index in [1.165, 1.54) is 0 Å². The highest BCUT2D eigenvalue weighted by atomic mass is 35.5. The van der Waals surface area contributed by atoms with Crippen LogP contribution in [0, 0.1) is 11.2 Å². The van der Waals surface area contributed by atoms with Crippen LogP contribution >= 0.6 is 11.6 Å². The van der Waals surface area contributed by atoms with Crippen LogP contribution in [0.25, 0.3) is 0 Å². The first-order chi connectivity index (χ1) is 15.6. The third kappa shape index (κ3) is 4.24. The van der Waals surface area contributed by atoms with Crippen molar-refractivity contribution in [3.8, 4) is 0 Å². The number of carbonyl (C=O) groups excluding carboxylic acids is 1. The topological polar surface area (TPSA) is 52.6 Å². The number of piperidine rings is 2. The Morgan fingerprint density at radius 1 is 1.09 bits per heavy atom. The van der Waals surface area contributed by atoms with Gasteiger partial charge in [-0.1, -0.05) is 48.0 Å². The van der Waals surface area contributed by atoms with Crippen molar-refractivity contribution in [1.82, 2.24) is 10.2 Å². The van der Waals surface area contributed by atoms with Gasteiger partial charge in [-0.2, -0.15) is 13.2 Å². The molecule has 0 aromatic heterocycles. The van der Waals surface area contributed by atoms with E-state index in [1.807, 2.05) is 18.2 Å². The van der Waals surface area contributed by atoms with Gasteiger partial charge in [-0.15, -0.1) is 0 Å². The van der Waals surface area contributed by atoms with Crippen LogP contribution in [0.5, 0.6) is 0 Å². The number of nitrogens with one attached hydrogen (secondary N) is 1. The average Bonchev–Trinajstić information content (AvgIpc) is 2.80. The van der Waals surface area contributed by atoms with Crippen LogP contribution in [0.15, 0.2) is 48.5 Å². The maximum absolute atomic E-state index is 14.0. The predicted molar refractivity (Wildman–Crippen MR) is 116 cm³/mol. The zero-order chi connectivity index (χ0) is 23.9. The van der Waals surface area contributed by atoms with Crippen molar-refractivity contribution in [2.75, 3.05) is 26.2 Å². The highest BCUT2D eigenvalue weighted by Gasteiger charge is 2.62. The van der Waals surface area contributed by atoms with Gasteiger partial charge >= 0.3 is 6.18 Å². The van der Waals surface area contributed by atoms with Gasteiger partial charge in [0.1, 0.15) is 5.82 Å². The Labute approximate surface area is 194 Å². The summed E-state index contributed by atoms with van der Waals surface area (Å²) in [6.07, 6.45) is -3.40. The fraction of sp³-hybridized carbons (Fsp3) is 0.458. The SMILES string of the molecule is O=C(N1CCC2(CCNCC2c2ccccc2)CC1)C(O)(c1ccc(F)c(Cl)c1)C(F)(F)F. The molecule has 33 heavy (non-hydrogen) atoms. The molecule has 2 unspecified atom stereocenters. The quantitative estimate of drug-likeness (QED) is 0.625. The lowest BCUT2D eigenvalue weighted by atomic mass is 9.62. The molecule has 2 aliphatic rings. The number of halogens is 5. The van der Waals surface area contributed by atoms with Gasteiger partial charge in [-0.25, -0.2) is 4.39 Å². The summed E-state index contributed by atoms with van der Waals surface area (Å²) in [6, 6.07) is 12.1. The molecule has 2 aromatic carbocycles. The smallest absolute Gasteiger partial charge is 0.368 e. The lowest BCUT2D eigenvalue weighted by molar-refractivity contribution is -0.262. The second-order valence-electron chi connectivity index (χ2n) is 8.91. The van der Waals surface area contributed by atoms with Crippen molar-refractivity contribution in [1.29, 1.82) is 0 Å². The Morgan fingerprint density at radius 3 is 2.36 bits per heavy atom. The van der Waals surface area contributed by atoms with Crippen molar-refractivity contribution in [2.45, 2.75) is 37.0 Å². The first kappa shape index (κ1) is 24.0. The minimum atomic E-state index is -5.30. The molecule has 178 valence electrons. The minimum Gasteiger partial charge on any atom is -0.368 e. The van der Waals surface area contributed by atoms with E-state index in [0.717, 1.165) is 36.0 Å². The van der Waals surface area contributed by atoms with E-state index in [0.29, 0.717) is 25.0 Å². The fourth-order valence-corrected chi connectivity index (χ4v) is 5.42. The van der Waals surface area contributed by atoms with Gasteiger partial charge in [0, 0.05) is 31.1 Å². The summed E-state index contributed by atoms with van der Waals surface area (Å²) in [5, 5.41) is 13.5. The number of hydrogen-bond acceptors (Lipinski definition) is 3. The molecule has 2 saturated heterocycles. The van der Waals surface area contributed by atoms with Crippen molar-refractivity contribution in [3.63, 3.8) is 0 Å². The molecule has 0 aliphatic carbocycles. The fourth-order valence-electron chi connectivity index (χ4n) is 5.24. The van der Waals surface area contributed by atoms with Crippen LogP contribution in [0.1, 0.15) is 36.3 Å². The monoisotopic (exact) mass is 484 g/mol. The molecule has 1 spiro atoms. The van der Waals surface area contributed by atoms with E-state index in [4.69, 9.17) is 11.6 Å². The van der Waals surface area contributed by atoms with Crippen LogP contribution in [0.4, 0.5) is 17.6 Å². The van der Waals surface area contributed by atoms with Crippen molar-refractivity contribution in [3.05, 3.63) is 70.5 Å². The van der Waals surface area contributed by atoms with Crippen molar-refractivity contribution < 1.29 is 27.5 Å². The first-order valence-electron chi connectivity index (χ1n) is 10.9. The van der Waals surface area contributed by atoms with Crippen LogP contribution in [-0.2, 0) is 10.4 Å². The number of aliphatic hydroxyl groups is 1. The number of benzene rings is 2.